The number of aryl methyl sites for hydroxylation is 1. The molecule has 0 aliphatic rings. The highest BCUT2D eigenvalue weighted by atomic mass is 32.2. The number of nitrogens with two attached hydrogens (primary N) is 1. The van der Waals surface area contributed by atoms with Crippen LogP contribution in [0.2, 0.25) is 0 Å². The molecule has 5 heteroatoms. The van der Waals surface area contributed by atoms with Crippen LogP contribution in [0.4, 0.5) is 5.82 Å². The number of aromatic nitrogens is 2. The summed E-state index contributed by atoms with van der Waals surface area (Å²) in [6, 6.07) is 10.4. The van der Waals surface area contributed by atoms with Crippen LogP contribution in [0.3, 0.4) is 0 Å². The Balaban J connectivity index is 2.17. The van der Waals surface area contributed by atoms with Gasteiger partial charge in [-0.25, -0.2) is 15.8 Å². The maximum Gasteiger partial charge on any atom is 0.143 e. The molecule has 0 fully saturated rings. The molecule has 2 rings (SSSR count). The number of thioether (sulfide) groups is 1. The molecule has 1 heterocycles. The number of nitrogen functional groups attached to an aromatic ring is 1. The first-order chi connectivity index (χ1) is 9.88. The summed E-state index contributed by atoms with van der Waals surface area (Å²) in [5.74, 6) is 7.69. The van der Waals surface area contributed by atoms with Gasteiger partial charge in [-0.05, 0) is 19.1 Å². The van der Waals surface area contributed by atoms with Crippen molar-refractivity contribution in [1.82, 2.24) is 9.97 Å². The average molecular weight is 302 g/mol. The molecule has 0 aliphatic heterocycles. The van der Waals surface area contributed by atoms with Crippen molar-refractivity contribution in [3.8, 4) is 0 Å². The highest BCUT2D eigenvalue weighted by molar-refractivity contribution is 7.98. The summed E-state index contributed by atoms with van der Waals surface area (Å²) in [6.45, 7) is 8.48. The number of anilines is 1. The van der Waals surface area contributed by atoms with Crippen LogP contribution in [-0.4, -0.2) is 9.97 Å². The molecule has 0 saturated carbocycles. The summed E-state index contributed by atoms with van der Waals surface area (Å²) in [5, 5.41) is 0. The van der Waals surface area contributed by atoms with E-state index in [1.165, 1.54) is 10.5 Å². The zero-order chi connectivity index (χ0) is 15.5. The first-order valence-corrected chi connectivity index (χ1v) is 7.91. The number of hydrazine groups is 1. The van der Waals surface area contributed by atoms with Gasteiger partial charge in [0.1, 0.15) is 11.6 Å². The van der Waals surface area contributed by atoms with Crippen LogP contribution in [0.25, 0.3) is 0 Å². The molecular formula is C16H22N4S. The van der Waals surface area contributed by atoms with Crippen LogP contribution in [0, 0.1) is 6.92 Å². The third kappa shape index (κ3) is 4.44. The first-order valence-electron chi connectivity index (χ1n) is 6.93. The van der Waals surface area contributed by atoms with Crippen molar-refractivity contribution in [2.24, 2.45) is 5.84 Å². The lowest BCUT2D eigenvalue weighted by Gasteiger charge is -2.19. The summed E-state index contributed by atoms with van der Waals surface area (Å²) in [4.78, 5) is 10.3. The Hall–Kier alpha value is -1.59. The lowest BCUT2D eigenvalue weighted by Crippen LogP contribution is -2.18. The minimum atomic E-state index is -0.0299. The molecule has 0 radical (unpaired) electrons. The van der Waals surface area contributed by atoms with Gasteiger partial charge in [0.15, 0.2) is 0 Å². The number of hydrogen-bond donors (Lipinski definition) is 2. The zero-order valence-corrected chi connectivity index (χ0v) is 13.8. The Bertz CT molecular complexity index is 603. The molecule has 0 aliphatic carbocycles. The van der Waals surface area contributed by atoms with Gasteiger partial charge in [0.2, 0.25) is 0 Å². The van der Waals surface area contributed by atoms with Crippen molar-refractivity contribution in [1.29, 1.82) is 0 Å². The zero-order valence-electron chi connectivity index (χ0n) is 13.0. The average Bonchev–Trinajstić information content (AvgIpc) is 2.45. The summed E-state index contributed by atoms with van der Waals surface area (Å²) in [5.41, 5.74) is 4.85. The van der Waals surface area contributed by atoms with Crippen molar-refractivity contribution in [3.63, 3.8) is 0 Å². The Kier molecular flexibility index (Phi) is 4.85. The van der Waals surface area contributed by atoms with E-state index in [0.717, 1.165) is 17.3 Å². The van der Waals surface area contributed by atoms with Crippen molar-refractivity contribution < 1.29 is 0 Å². The van der Waals surface area contributed by atoms with Crippen LogP contribution >= 0.6 is 11.8 Å². The monoisotopic (exact) mass is 302 g/mol. The quantitative estimate of drug-likeness (QED) is 0.512. The van der Waals surface area contributed by atoms with Gasteiger partial charge < -0.3 is 5.43 Å². The topological polar surface area (TPSA) is 63.8 Å². The predicted octanol–water partition coefficient (Wildman–Crippen LogP) is 3.66. The van der Waals surface area contributed by atoms with Gasteiger partial charge >= 0.3 is 0 Å². The molecule has 1 aromatic carbocycles. The summed E-state index contributed by atoms with van der Waals surface area (Å²) >= 11 is 1.73. The number of benzene rings is 1. The van der Waals surface area contributed by atoms with Gasteiger partial charge in [-0.2, -0.15) is 0 Å². The second-order valence-corrected chi connectivity index (χ2v) is 7.10. The van der Waals surface area contributed by atoms with Crippen molar-refractivity contribution in [2.75, 3.05) is 5.43 Å². The van der Waals surface area contributed by atoms with E-state index in [4.69, 9.17) is 5.84 Å². The Morgan fingerprint density at radius 2 is 1.81 bits per heavy atom. The molecule has 0 unspecified atom stereocenters. The predicted molar refractivity (Wildman–Crippen MR) is 89.3 cm³/mol. The van der Waals surface area contributed by atoms with Gasteiger partial charge in [-0.1, -0.05) is 38.5 Å². The van der Waals surface area contributed by atoms with Gasteiger partial charge in [-0.3, -0.25) is 0 Å². The second kappa shape index (κ2) is 6.45. The van der Waals surface area contributed by atoms with Crippen LogP contribution in [0.5, 0.6) is 0 Å². The fraction of sp³-hybridized carbons (Fsp3) is 0.375. The van der Waals surface area contributed by atoms with Gasteiger partial charge in [0, 0.05) is 16.4 Å². The smallest absolute Gasteiger partial charge is 0.143 e. The molecule has 4 nitrogen and oxygen atoms in total. The van der Waals surface area contributed by atoms with Crippen molar-refractivity contribution >= 4 is 17.6 Å². The van der Waals surface area contributed by atoms with Crippen LogP contribution < -0.4 is 11.3 Å². The van der Waals surface area contributed by atoms with E-state index in [0.29, 0.717) is 5.82 Å². The Morgan fingerprint density at radius 1 is 1.14 bits per heavy atom. The minimum absolute atomic E-state index is 0.0299. The van der Waals surface area contributed by atoms with E-state index >= 15 is 0 Å². The van der Waals surface area contributed by atoms with Crippen LogP contribution in [0.1, 0.15) is 37.9 Å². The summed E-state index contributed by atoms with van der Waals surface area (Å²) < 4.78 is 0. The standard InChI is InChI=1S/C16H22N4S/c1-11-5-7-12(8-6-11)21-10-15-18-13(16(2,3)4)9-14(19-15)20-17/h5-9H,10,17H2,1-4H3,(H,18,19,20). The molecule has 3 N–H and O–H groups in total. The molecular weight excluding hydrogens is 280 g/mol. The van der Waals surface area contributed by atoms with Crippen molar-refractivity contribution in [2.45, 2.75) is 43.8 Å². The largest absolute Gasteiger partial charge is 0.308 e. The fourth-order valence-corrected chi connectivity index (χ4v) is 2.56. The maximum atomic E-state index is 5.51. The third-order valence-corrected chi connectivity index (χ3v) is 4.09. The molecule has 0 atom stereocenters. The van der Waals surface area contributed by atoms with E-state index in [-0.39, 0.29) is 5.41 Å². The maximum absolute atomic E-state index is 5.51. The molecule has 0 saturated heterocycles. The molecule has 2 aromatic rings. The van der Waals surface area contributed by atoms with E-state index in [9.17, 15) is 0 Å². The van der Waals surface area contributed by atoms with Crippen LogP contribution in [0.15, 0.2) is 35.2 Å². The minimum Gasteiger partial charge on any atom is -0.308 e. The molecule has 0 spiro atoms. The molecule has 21 heavy (non-hydrogen) atoms. The van der Waals surface area contributed by atoms with E-state index in [1.54, 1.807) is 11.8 Å². The molecule has 0 amide bonds. The second-order valence-electron chi connectivity index (χ2n) is 6.05. The highest BCUT2D eigenvalue weighted by Crippen LogP contribution is 2.25. The van der Waals surface area contributed by atoms with E-state index < -0.39 is 0 Å². The van der Waals surface area contributed by atoms with Gasteiger partial charge in [-0.15, -0.1) is 11.8 Å². The SMILES string of the molecule is Cc1ccc(SCc2nc(NN)cc(C(C)(C)C)n2)cc1. The van der Waals surface area contributed by atoms with Gasteiger partial charge in [0.05, 0.1) is 11.4 Å². The first kappa shape index (κ1) is 15.8. The van der Waals surface area contributed by atoms with Crippen LogP contribution in [-0.2, 0) is 11.2 Å². The van der Waals surface area contributed by atoms with Crippen molar-refractivity contribution in [3.05, 3.63) is 47.4 Å². The third-order valence-electron chi connectivity index (χ3n) is 3.08. The highest BCUT2D eigenvalue weighted by Gasteiger charge is 2.17. The number of rotatable bonds is 4. The summed E-state index contributed by atoms with van der Waals surface area (Å²) in [6.07, 6.45) is 0. The Labute approximate surface area is 130 Å². The molecule has 1 aromatic heterocycles. The lowest BCUT2D eigenvalue weighted by molar-refractivity contribution is 0.564. The number of nitrogens with zero attached hydrogens (tertiary/aromatic N) is 2. The van der Waals surface area contributed by atoms with E-state index in [1.807, 2.05) is 6.07 Å². The number of nitrogens with one attached hydrogen (secondary N) is 1. The molecule has 0 bridgehead atoms. The number of hydrogen-bond acceptors (Lipinski definition) is 5. The lowest BCUT2D eigenvalue weighted by atomic mass is 9.92. The fourth-order valence-electron chi connectivity index (χ4n) is 1.80. The molecule has 112 valence electrons. The Morgan fingerprint density at radius 3 is 2.38 bits per heavy atom. The summed E-state index contributed by atoms with van der Waals surface area (Å²) in [7, 11) is 0. The van der Waals surface area contributed by atoms with Gasteiger partial charge in [0.25, 0.3) is 0 Å². The van der Waals surface area contributed by atoms with E-state index in [2.05, 4.69) is 67.4 Å². The normalized spacial score (nSPS) is 11.5.